The van der Waals surface area contributed by atoms with Crippen molar-refractivity contribution in [2.75, 3.05) is 5.32 Å². The van der Waals surface area contributed by atoms with Crippen molar-refractivity contribution in [3.05, 3.63) is 41.6 Å². The lowest BCUT2D eigenvalue weighted by molar-refractivity contribution is -0.118. The fraction of sp³-hybridized carbons (Fsp3) is 0.458. The molecule has 1 aromatic heterocycles. The Morgan fingerprint density at radius 2 is 1.85 bits per heavy atom. The molecule has 0 spiro atoms. The summed E-state index contributed by atoms with van der Waals surface area (Å²) in [4.78, 5) is 33.0. The molecular weight excluding hydrogens is 422 g/mol. The van der Waals surface area contributed by atoms with Gasteiger partial charge in [-0.2, -0.15) is 10.2 Å². The van der Waals surface area contributed by atoms with E-state index in [2.05, 4.69) is 26.7 Å². The third-order valence-corrected chi connectivity index (χ3v) is 4.41. The van der Waals surface area contributed by atoms with Gasteiger partial charge in [0, 0.05) is 17.8 Å². The average molecular weight is 454 g/mol. The van der Waals surface area contributed by atoms with E-state index in [1.165, 1.54) is 6.20 Å². The monoisotopic (exact) mass is 453 g/mol. The molecular formula is C24H31N5O4. The third-order valence-electron chi connectivity index (χ3n) is 4.41. The van der Waals surface area contributed by atoms with Gasteiger partial charge >= 0.3 is 6.09 Å². The van der Waals surface area contributed by atoms with Crippen LogP contribution < -0.4 is 15.4 Å². The molecule has 0 aliphatic heterocycles. The smallest absolute Gasteiger partial charge is 0.408 e. The Kier molecular flexibility index (Phi) is 7.99. The normalized spacial score (nSPS) is 12.3. The fourth-order valence-corrected chi connectivity index (χ4v) is 2.85. The van der Waals surface area contributed by atoms with E-state index in [1.54, 1.807) is 52.0 Å². The molecule has 0 aliphatic rings. The molecule has 0 fully saturated rings. The zero-order valence-corrected chi connectivity index (χ0v) is 20.1. The summed E-state index contributed by atoms with van der Waals surface area (Å²) in [6, 6.07) is 8.06. The molecule has 0 saturated heterocycles. The minimum atomic E-state index is -0.820. The number of ether oxygens (including phenoxy) is 2. The Labute approximate surface area is 194 Å². The average Bonchev–Trinajstić information content (AvgIpc) is 2.70. The van der Waals surface area contributed by atoms with Gasteiger partial charge in [0.15, 0.2) is 0 Å². The van der Waals surface area contributed by atoms with E-state index in [9.17, 15) is 14.9 Å². The second-order valence-corrected chi connectivity index (χ2v) is 9.49. The number of nitrogens with zero attached hydrogens (tertiary/aromatic N) is 3. The number of hydrogen-bond donors (Lipinski definition) is 2. The van der Waals surface area contributed by atoms with Crippen molar-refractivity contribution < 1.29 is 19.1 Å². The molecule has 2 amide bonds. The number of benzene rings is 1. The summed E-state index contributed by atoms with van der Waals surface area (Å²) in [7, 11) is 0. The first-order valence-corrected chi connectivity index (χ1v) is 10.7. The van der Waals surface area contributed by atoms with Gasteiger partial charge in [-0.3, -0.25) is 10.1 Å². The Balaban J connectivity index is 2.16. The number of anilines is 1. The van der Waals surface area contributed by atoms with Crippen molar-refractivity contribution >= 4 is 17.9 Å². The van der Waals surface area contributed by atoms with Crippen LogP contribution in [0.5, 0.6) is 11.6 Å². The second-order valence-electron chi connectivity index (χ2n) is 9.49. The molecule has 0 saturated carbocycles. The molecule has 2 aromatic rings. The number of hydrogen-bond acceptors (Lipinski definition) is 7. The summed E-state index contributed by atoms with van der Waals surface area (Å²) in [6.07, 6.45) is 1.13. The van der Waals surface area contributed by atoms with Crippen LogP contribution in [0.3, 0.4) is 0 Å². The SMILES string of the molecule is CC[C@@H](NC(=O)OC(C)(C)C)C(=O)Nc1nccc(Oc2ccc(C#N)cc2C(C)(C)C)n1. The van der Waals surface area contributed by atoms with E-state index in [-0.39, 0.29) is 17.2 Å². The zero-order valence-electron chi connectivity index (χ0n) is 20.1. The summed E-state index contributed by atoms with van der Waals surface area (Å²) in [5.41, 5.74) is 0.434. The van der Waals surface area contributed by atoms with E-state index >= 15 is 0 Å². The predicted molar refractivity (Wildman–Crippen MR) is 124 cm³/mol. The Morgan fingerprint density at radius 1 is 1.15 bits per heavy atom. The molecule has 1 atom stereocenters. The summed E-state index contributed by atoms with van der Waals surface area (Å²) in [5, 5.41) is 14.4. The van der Waals surface area contributed by atoms with Gasteiger partial charge in [-0.15, -0.1) is 0 Å². The molecule has 2 rings (SSSR count). The summed E-state index contributed by atoms with van der Waals surface area (Å²) in [5.74, 6) is 0.335. The molecule has 9 heteroatoms. The van der Waals surface area contributed by atoms with E-state index in [0.717, 1.165) is 5.56 Å². The molecule has 0 aliphatic carbocycles. The fourth-order valence-electron chi connectivity index (χ4n) is 2.85. The van der Waals surface area contributed by atoms with Crippen molar-refractivity contribution in [3.8, 4) is 17.7 Å². The number of carbonyl (C=O) groups excluding carboxylic acids is 2. The number of amides is 2. The molecule has 2 N–H and O–H groups in total. The van der Waals surface area contributed by atoms with Crippen LogP contribution in [0, 0.1) is 11.3 Å². The van der Waals surface area contributed by atoms with Gasteiger partial charge in [-0.1, -0.05) is 27.7 Å². The predicted octanol–water partition coefficient (Wildman–Crippen LogP) is 4.68. The standard InChI is InChI=1S/C24H31N5O4/c1-8-17(27-22(31)33-24(5,6)7)20(30)29-21-26-12-11-19(28-21)32-18-10-9-15(14-25)13-16(18)23(2,3)4/h9-13,17H,8H2,1-7H3,(H,27,31)(H,26,28,29,30)/t17-/m1/s1. The van der Waals surface area contributed by atoms with Crippen LogP contribution in [-0.4, -0.2) is 33.6 Å². The molecule has 0 bridgehead atoms. The number of aromatic nitrogens is 2. The molecule has 176 valence electrons. The highest BCUT2D eigenvalue weighted by Gasteiger charge is 2.24. The van der Waals surface area contributed by atoms with Crippen molar-refractivity contribution in [1.82, 2.24) is 15.3 Å². The van der Waals surface area contributed by atoms with Crippen molar-refractivity contribution in [2.24, 2.45) is 0 Å². The zero-order chi connectivity index (χ0) is 24.8. The van der Waals surface area contributed by atoms with Crippen molar-refractivity contribution in [1.29, 1.82) is 5.26 Å². The van der Waals surface area contributed by atoms with Crippen LogP contribution in [0.15, 0.2) is 30.5 Å². The van der Waals surface area contributed by atoms with Crippen LogP contribution in [0.2, 0.25) is 0 Å². The van der Waals surface area contributed by atoms with Crippen LogP contribution in [0.4, 0.5) is 10.7 Å². The minimum absolute atomic E-state index is 0.0351. The van der Waals surface area contributed by atoms with Gasteiger partial charge in [-0.05, 0) is 50.8 Å². The Hall–Kier alpha value is -3.67. The number of alkyl carbamates (subject to hydrolysis) is 1. The largest absolute Gasteiger partial charge is 0.444 e. The summed E-state index contributed by atoms with van der Waals surface area (Å²) >= 11 is 0. The van der Waals surface area contributed by atoms with E-state index in [1.807, 2.05) is 20.8 Å². The highest BCUT2D eigenvalue weighted by molar-refractivity contribution is 5.95. The van der Waals surface area contributed by atoms with Crippen molar-refractivity contribution in [3.63, 3.8) is 0 Å². The maximum Gasteiger partial charge on any atom is 0.408 e. The summed E-state index contributed by atoms with van der Waals surface area (Å²) in [6.45, 7) is 13.0. The maximum absolute atomic E-state index is 12.6. The van der Waals surface area contributed by atoms with Crippen LogP contribution >= 0.6 is 0 Å². The van der Waals surface area contributed by atoms with Crippen LogP contribution in [0.25, 0.3) is 0 Å². The lowest BCUT2D eigenvalue weighted by atomic mass is 9.85. The van der Waals surface area contributed by atoms with E-state index in [4.69, 9.17) is 9.47 Å². The molecule has 1 aromatic carbocycles. The molecule has 0 radical (unpaired) electrons. The first kappa shape index (κ1) is 25.6. The number of nitriles is 1. The second kappa shape index (κ2) is 10.3. The number of nitrogens with one attached hydrogen (secondary N) is 2. The van der Waals surface area contributed by atoms with Gasteiger partial charge in [0.05, 0.1) is 11.6 Å². The maximum atomic E-state index is 12.6. The molecule has 0 unspecified atom stereocenters. The van der Waals surface area contributed by atoms with Gasteiger partial charge in [-0.25, -0.2) is 9.78 Å². The summed E-state index contributed by atoms with van der Waals surface area (Å²) < 4.78 is 11.2. The van der Waals surface area contributed by atoms with Gasteiger partial charge in [0.25, 0.3) is 0 Å². The lowest BCUT2D eigenvalue weighted by Gasteiger charge is -2.23. The highest BCUT2D eigenvalue weighted by Crippen LogP contribution is 2.34. The molecule has 9 nitrogen and oxygen atoms in total. The van der Waals surface area contributed by atoms with Crippen LogP contribution in [-0.2, 0) is 14.9 Å². The first-order chi connectivity index (χ1) is 15.3. The van der Waals surface area contributed by atoms with Gasteiger partial charge in [0.1, 0.15) is 17.4 Å². The Morgan fingerprint density at radius 3 is 2.42 bits per heavy atom. The highest BCUT2D eigenvalue weighted by atomic mass is 16.6. The molecule has 33 heavy (non-hydrogen) atoms. The third kappa shape index (κ3) is 7.75. The number of carbonyl (C=O) groups is 2. The van der Waals surface area contributed by atoms with E-state index in [0.29, 0.717) is 17.7 Å². The first-order valence-electron chi connectivity index (χ1n) is 10.7. The van der Waals surface area contributed by atoms with Crippen LogP contribution in [0.1, 0.15) is 66.0 Å². The Bertz CT molecular complexity index is 1050. The van der Waals surface area contributed by atoms with E-state index < -0.39 is 23.6 Å². The van der Waals surface area contributed by atoms with Gasteiger partial charge in [0.2, 0.25) is 17.7 Å². The minimum Gasteiger partial charge on any atom is -0.444 e. The van der Waals surface area contributed by atoms with Crippen molar-refractivity contribution in [2.45, 2.75) is 71.9 Å². The molecule has 1 heterocycles. The number of rotatable bonds is 6. The quantitative estimate of drug-likeness (QED) is 0.650. The lowest BCUT2D eigenvalue weighted by Crippen LogP contribution is -2.45. The topological polar surface area (TPSA) is 126 Å². The van der Waals surface area contributed by atoms with Gasteiger partial charge < -0.3 is 14.8 Å².